The minimum atomic E-state index is 0. The van der Waals surface area contributed by atoms with E-state index < -0.39 is 0 Å². The molecule has 3 radical (unpaired) electrons. The van der Waals surface area contributed by atoms with Gasteiger partial charge in [-0.2, -0.15) is 0 Å². The first kappa shape index (κ1) is 91.4. The van der Waals surface area contributed by atoms with E-state index in [2.05, 4.69) is 564 Å². The lowest BCUT2D eigenvalue weighted by atomic mass is 9.91. The second-order valence-corrected chi connectivity index (χ2v) is 36.8. The summed E-state index contributed by atoms with van der Waals surface area (Å²) in [6.45, 7) is 17.7. The molecule has 655 valence electrons. The summed E-state index contributed by atoms with van der Waals surface area (Å²) in [6.07, 6.45) is 0. The third-order valence-corrected chi connectivity index (χ3v) is 26.7. The molecular weight excluding hydrogens is 1870 g/mol. The van der Waals surface area contributed by atoms with Gasteiger partial charge in [0, 0.05) is 120 Å². The van der Waals surface area contributed by atoms with Gasteiger partial charge >= 0.3 is 0 Å². The first-order chi connectivity index (χ1) is 65.0. The molecule has 1 N–H and O–H groups in total. The molecule has 0 bridgehead atoms. The van der Waals surface area contributed by atoms with Crippen LogP contribution < -0.4 is 20.0 Å². The van der Waals surface area contributed by atoms with Crippen LogP contribution >= 0.6 is 54.5 Å². The van der Waals surface area contributed by atoms with Crippen molar-refractivity contribution in [3.63, 3.8) is 0 Å². The second-order valence-electron chi connectivity index (χ2n) is 33.7. The zero-order chi connectivity index (χ0) is 91.4. The van der Waals surface area contributed by atoms with Crippen LogP contribution in [0.4, 0.5) is 62.6 Å². The Labute approximate surface area is 822 Å². The number of hydrogen-bond acceptors (Lipinski definition) is 4. The Morgan fingerprint density at radius 2 is 0.560 bits per heavy atom. The van der Waals surface area contributed by atoms with E-state index in [-0.39, 0.29) is 11.3 Å². The fourth-order valence-electron chi connectivity index (χ4n) is 18.1. The summed E-state index contributed by atoms with van der Waals surface area (Å²) in [6, 6.07) is 164. The van der Waals surface area contributed by atoms with Crippen molar-refractivity contribution in [2.45, 2.75) is 55.4 Å². The molecular formula is C124H105BBr2IN6. The van der Waals surface area contributed by atoms with E-state index in [1.807, 2.05) is 36.4 Å². The average molecular weight is 1980 g/mol. The van der Waals surface area contributed by atoms with Gasteiger partial charge in [0.05, 0.1) is 11.0 Å². The molecule has 22 rings (SSSR count). The molecule has 0 atom stereocenters. The topological polar surface area (TPSA) is 31.6 Å². The average Bonchev–Trinajstić information content (AvgIpc) is 1.59. The lowest BCUT2D eigenvalue weighted by Gasteiger charge is -2.26. The number of benzene rings is 20. The normalized spacial score (nSPS) is 10.9. The molecule has 0 aliphatic rings. The highest BCUT2D eigenvalue weighted by atomic mass is 127. The van der Waals surface area contributed by atoms with Crippen LogP contribution in [0.1, 0.15) is 47.6 Å². The van der Waals surface area contributed by atoms with E-state index in [1.54, 1.807) is 0 Å². The smallest absolute Gasteiger partial charge is 0.0534 e. The number of para-hydroxylation sites is 4. The van der Waals surface area contributed by atoms with Crippen LogP contribution in [0.15, 0.2) is 470 Å². The maximum atomic E-state index is 3.52. The largest absolute Gasteiger partial charge is 0.356 e. The van der Waals surface area contributed by atoms with Gasteiger partial charge in [0.1, 0.15) is 0 Å². The van der Waals surface area contributed by atoms with Crippen molar-refractivity contribution in [2.24, 2.45) is 0 Å². The number of nitrogens with one attached hydrogen (secondary N) is 1. The molecule has 134 heavy (non-hydrogen) atoms. The molecule has 0 fully saturated rings. The van der Waals surface area contributed by atoms with Crippen molar-refractivity contribution in [1.82, 2.24) is 9.13 Å². The van der Waals surface area contributed by atoms with Gasteiger partial charge in [-0.05, 0) is 390 Å². The van der Waals surface area contributed by atoms with Crippen molar-refractivity contribution in [2.75, 3.05) is 20.0 Å². The number of anilines is 11. The minimum absolute atomic E-state index is 0. The monoisotopic (exact) mass is 1980 g/mol. The maximum absolute atomic E-state index is 3.52. The number of hydrogen-bond donors (Lipinski definition) is 1. The van der Waals surface area contributed by atoms with Gasteiger partial charge in [-0.25, -0.2) is 0 Å². The molecule has 0 aliphatic heterocycles. The van der Waals surface area contributed by atoms with Gasteiger partial charge < -0.3 is 29.2 Å². The number of nitrogens with zero attached hydrogens (tertiary/aromatic N) is 5. The summed E-state index contributed by atoms with van der Waals surface area (Å²) < 4.78 is 8.30. The highest BCUT2D eigenvalue weighted by Crippen LogP contribution is 2.44. The van der Waals surface area contributed by atoms with Gasteiger partial charge in [0.2, 0.25) is 0 Å². The van der Waals surface area contributed by atoms with Crippen LogP contribution in [0.2, 0.25) is 0 Å². The molecule has 22 aromatic rings. The van der Waals surface area contributed by atoms with E-state index in [4.69, 9.17) is 0 Å². The zero-order valence-electron chi connectivity index (χ0n) is 76.3. The second kappa shape index (κ2) is 41.9. The molecule has 2 aromatic heterocycles. The summed E-state index contributed by atoms with van der Waals surface area (Å²) in [7, 11) is 0. The van der Waals surface area contributed by atoms with Gasteiger partial charge in [-0.1, -0.05) is 280 Å². The predicted molar refractivity (Wildman–Crippen MR) is 597 cm³/mol. The summed E-state index contributed by atoms with van der Waals surface area (Å²) in [5.74, 6) is 0. The van der Waals surface area contributed by atoms with E-state index in [9.17, 15) is 0 Å². The molecule has 2 heterocycles. The fourth-order valence-corrected chi connectivity index (χ4v) is 19.0. The maximum Gasteiger partial charge on any atom is 0.0534 e. The van der Waals surface area contributed by atoms with Crippen molar-refractivity contribution in [1.29, 1.82) is 0 Å². The molecule has 0 saturated heterocycles. The third-order valence-electron chi connectivity index (χ3n) is 24.9. The van der Waals surface area contributed by atoms with E-state index in [1.165, 1.54) is 135 Å². The lowest BCUT2D eigenvalue weighted by Crippen LogP contribution is -2.10. The Morgan fingerprint density at radius 3 is 0.933 bits per heavy atom. The van der Waals surface area contributed by atoms with Gasteiger partial charge in [-0.15, -0.1) is 0 Å². The van der Waals surface area contributed by atoms with Crippen molar-refractivity contribution < 1.29 is 2.85 Å². The van der Waals surface area contributed by atoms with Crippen LogP contribution in [0.3, 0.4) is 0 Å². The Hall–Kier alpha value is -14.5. The summed E-state index contributed by atoms with van der Waals surface area (Å²) in [5.41, 5.74) is 32.8. The van der Waals surface area contributed by atoms with Crippen LogP contribution in [-0.2, 0) is 0 Å². The van der Waals surface area contributed by atoms with E-state index in [0.717, 1.165) is 82.9 Å². The minimum Gasteiger partial charge on any atom is -0.356 e. The molecule has 0 unspecified atom stereocenters. The zero-order valence-corrected chi connectivity index (χ0v) is 81.7. The first-order valence-corrected chi connectivity index (χ1v) is 47.7. The number of halogens is 3. The molecule has 0 saturated carbocycles. The van der Waals surface area contributed by atoms with Crippen molar-refractivity contribution >= 4 is 190 Å². The highest BCUT2D eigenvalue weighted by Gasteiger charge is 2.22. The molecule has 6 nitrogen and oxygen atoms in total. The van der Waals surface area contributed by atoms with Crippen LogP contribution in [0, 0.1) is 59.0 Å². The summed E-state index contributed by atoms with van der Waals surface area (Å²) in [4.78, 5) is 6.96. The number of aryl methyl sites for hydroxylation is 6. The third kappa shape index (κ3) is 20.6. The van der Waals surface area contributed by atoms with E-state index >= 15 is 0 Å². The standard InChI is InChI=1S/C64H50N4.C22H16BrN.C16H13N.C16H18.C6H4BrI.B.2H2/c1-43-45(3)65(55-29-33-57(34-30-55)67(53-19-7-5-8-20-53)59-27-23-47-15-11-13-17-49(47)39-59)63-37-25-51(41-61(43)63)52-26-38-64-62(42-52)44(2)46(4)66(64)56-31-35-58(36-32-56)68(54-21-9-6-10-22-54)60-28-24-48-16-12-14-18-50(48)40-60;23-19-11-14-21(15-12-19)24(20-8-2-1-3-9-20)22-13-10-17-6-4-5-7-18(17)16-22;1-2-8-15(9-3-1)17-16-11-10-13-6-4-5-7-14(13)12-16;1-11-9-13(3)16(14(4)10-11)15-8-6-5-7-12(15)2;7-5-1-3-6(8)4-2-5;;;/h5-42H,1-4H3;1-16H;1-12,17H;5-10H,1-4H3;1-4H;;2*1H/i;;;;;;2*1+1. The molecule has 0 spiro atoms. The SMILES string of the molecule is Brc1ccc(I)cc1.Brc1ccc(N(c2ccccc2)c2ccc3ccccc3c2)cc1.Cc1c(C)n(-c2ccc(N(c3ccccc3)c3ccc4ccccc4c3)cc2)c2ccc(-c3ccc4c(c3)c(C)c(C)n4-c3ccc(N(c4ccccc4)c4ccc5ccccc5c4)cc3)cc12.Cc1cc(C)c(-c2ccccc2C)c(C)c1.[2HH].[2HH].[B].c1ccc(Nc2ccc3ccccc3c2)cc1. The van der Waals surface area contributed by atoms with Crippen molar-refractivity contribution in [3.05, 3.63) is 518 Å². The first-order valence-electron chi connectivity index (χ1n) is 45.1. The fraction of sp³-hybridized carbons (Fsp3) is 0.0645. The highest BCUT2D eigenvalue weighted by molar-refractivity contribution is 14.1. The van der Waals surface area contributed by atoms with Crippen LogP contribution in [-0.4, -0.2) is 17.5 Å². The number of rotatable bonds is 15. The Kier molecular flexibility index (Phi) is 28.6. The Morgan fingerprint density at radius 1 is 0.254 bits per heavy atom. The molecule has 0 aliphatic carbocycles. The molecule has 10 heteroatoms. The number of fused-ring (bicyclic) bond motifs is 6. The summed E-state index contributed by atoms with van der Waals surface area (Å²) in [5, 5.41) is 15.9. The van der Waals surface area contributed by atoms with Crippen LogP contribution in [0.25, 0.3) is 98.5 Å². The van der Waals surface area contributed by atoms with Crippen molar-refractivity contribution in [3.8, 4) is 33.6 Å². The van der Waals surface area contributed by atoms with Gasteiger partial charge in [-0.3, -0.25) is 0 Å². The Balaban J connectivity index is 0.000000166. The predicted octanol–water partition coefficient (Wildman–Crippen LogP) is 37.1. The van der Waals surface area contributed by atoms with E-state index in [0.29, 0.717) is 0 Å². The summed E-state index contributed by atoms with van der Waals surface area (Å²) >= 11 is 9.14. The van der Waals surface area contributed by atoms with Gasteiger partial charge in [0.25, 0.3) is 0 Å². The van der Waals surface area contributed by atoms with Crippen LogP contribution in [0.5, 0.6) is 0 Å². The Bertz CT molecular complexity index is 7560. The number of aromatic nitrogens is 2. The molecule has 0 amide bonds. The van der Waals surface area contributed by atoms with Gasteiger partial charge in [0.15, 0.2) is 0 Å². The quantitative estimate of drug-likeness (QED) is 0.0819. The molecule has 20 aromatic carbocycles. The lowest BCUT2D eigenvalue weighted by molar-refractivity contribution is 1.04.